The molecule has 0 N–H and O–H groups in total. The second kappa shape index (κ2) is 13.2. The summed E-state index contributed by atoms with van der Waals surface area (Å²) in [6.45, 7) is 0. The molecule has 0 amide bonds. The Morgan fingerprint density at radius 1 is 0.721 bits per heavy atom. The van der Waals surface area contributed by atoms with Crippen LogP contribution in [0.25, 0.3) is 55.6 Å². The third kappa shape index (κ3) is 6.86. The Morgan fingerprint density at radius 3 is 2.19 bits per heavy atom. The summed E-state index contributed by atoms with van der Waals surface area (Å²) in [7, 11) is 0. The van der Waals surface area contributed by atoms with Gasteiger partial charge in [-0.25, -0.2) is 4.39 Å². The molecular weight excluding hydrogens is 772 g/mol. The SMILES string of the molecule is Fc1ccccc1-c1ccc2c(c1)oc1[c-]c(-c3ccccn3)ccc12.[CH3][Ge]([CH3])([CH3])[c]1ccc(-c2[c-]cccc2)nc1.[Ir]. The number of nitrogens with zero attached hydrogens (tertiary/aromatic N) is 2. The zero-order valence-corrected chi connectivity index (χ0v) is 28.6. The van der Waals surface area contributed by atoms with Crippen molar-refractivity contribution < 1.29 is 28.9 Å². The molecule has 0 fully saturated rings. The van der Waals surface area contributed by atoms with Gasteiger partial charge in [0, 0.05) is 31.9 Å². The van der Waals surface area contributed by atoms with E-state index in [1.54, 1.807) is 18.3 Å². The van der Waals surface area contributed by atoms with Crippen molar-refractivity contribution in [3.05, 3.63) is 140 Å². The first kappa shape index (κ1) is 30.6. The number of halogens is 1. The van der Waals surface area contributed by atoms with Crippen LogP contribution in [0.4, 0.5) is 4.39 Å². The van der Waals surface area contributed by atoms with Gasteiger partial charge < -0.3 is 9.40 Å². The van der Waals surface area contributed by atoms with Crippen molar-refractivity contribution in [3.63, 3.8) is 0 Å². The summed E-state index contributed by atoms with van der Waals surface area (Å²) in [5.41, 5.74) is 6.55. The van der Waals surface area contributed by atoms with Gasteiger partial charge in [0.2, 0.25) is 0 Å². The maximum atomic E-state index is 14.1. The molecule has 3 nitrogen and oxygen atoms in total. The minimum atomic E-state index is -1.72. The number of hydrogen-bond acceptors (Lipinski definition) is 3. The molecule has 3 aromatic heterocycles. The number of hydrogen-bond donors (Lipinski definition) is 0. The van der Waals surface area contributed by atoms with Crippen LogP contribution in [0, 0.1) is 17.9 Å². The fourth-order valence-corrected chi connectivity index (χ4v) is 6.96. The van der Waals surface area contributed by atoms with Crippen LogP contribution >= 0.6 is 0 Å². The van der Waals surface area contributed by atoms with Crippen LogP contribution in [-0.2, 0) is 20.1 Å². The van der Waals surface area contributed by atoms with Crippen molar-refractivity contribution in [2.45, 2.75) is 17.3 Å². The van der Waals surface area contributed by atoms with E-state index in [-0.39, 0.29) is 25.9 Å². The first-order valence-corrected chi connectivity index (χ1v) is 21.2. The summed E-state index contributed by atoms with van der Waals surface area (Å²) in [4.78, 5) is 8.89. The number of rotatable bonds is 4. The van der Waals surface area contributed by atoms with Crippen molar-refractivity contribution in [2.75, 3.05) is 0 Å². The first-order chi connectivity index (χ1) is 20.4. The molecule has 0 aliphatic rings. The van der Waals surface area contributed by atoms with E-state index in [1.165, 1.54) is 10.5 Å². The fraction of sp³-hybridized carbons (Fsp3) is 0.0811. The smallest absolute Gasteiger partial charge is 0 e. The van der Waals surface area contributed by atoms with Crippen LogP contribution in [0.15, 0.2) is 126 Å². The maximum Gasteiger partial charge on any atom is 0 e. The number of fused-ring (bicyclic) bond motifs is 3. The molecule has 7 aromatic rings. The Bertz CT molecular complexity index is 1970. The molecule has 0 aliphatic carbocycles. The van der Waals surface area contributed by atoms with Gasteiger partial charge in [-0.3, -0.25) is 0 Å². The minimum absolute atomic E-state index is 0. The van der Waals surface area contributed by atoms with Gasteiger partial charge in [-0.2, -0.15) is 0 Å². The van der Waals surface area contributed by atoms with Crippen molar-refractivity contribution in [1.29, 1.82) is 0 Å². The summed E-state index contributed by atoms with van der Waals surface area (Å²) in [6.07, 6.45) is 3.79. The fourth-order valence-electron chi connectivity index (χ4n) is 4.79. The van der Waals surface area contributed by atoms with Crippen molar-refractivity contribution >= 4 is 39.6 Å². The second-order valence-electron chi connectivity index (χ2n) is 11.1. The van der Waals surface area contributed by atoms with E-state index >= 15 is 0 Å². The van der Waals surface area contributed by atoms with Crippen LogP contribution in [-0.4, -0.2) is 23.2 Å². The summed E-state index contributed by atoms with van der Waals surface area (Å²) in [5, 5.41) is 1.98. The van der Waals surface area contributed by atoms with Crippen LogP contribution in [0.1, 0.15) is 0 Å². The molecule has 1 radical (unpaired) electrons. The van der Waals surface area contributed by atoms with Gasteiger partial charge in [0.1, 0.15) is 11.4 Å². The molecule has 0 saturated carbocycles. The molecular formula is C37H29FGeIrN2O-2. The first-order valence-electron chi connectivity index (χ1n) is 13.9. The Morgan fingerprint density at radius 2 is 1.49 bits per heavy atom. The van der Waals surface area contributed by atoms with Crippen LogP contribution in [0.2, 0.25) is 17.3 Å². The topological polar surface area (TPSA) is 38.9 Å². The standard InChI is InChI=1S/C23H13FNO.C14H16GeN.Ir/c24-20-6-2-1-5-17(20)15-8-10-18-19-11-9-16(21-7-3-4-12-25-21)14-23(19)26-22(18)13-15;1-15(2,3)13-9-10-14(16-11-13)12-7-5-4-6-8-12;/h1-13H;4-7,9-11H,1-3H3;/q2*-1;. The van der Waals surface area contributed by atoms with Gasteiger partial charge in [-0.05, 0) is 34.8 Å². The molecule has 3 heterocycles. The van der Waals surface area contributed by atoms with Gasteiger partial charge in [-0.1, -0.05) is 53.9 Å². The van der Waals surface area contributed by atoms with Gasteiger partial charge in [0.25, 0.3) is 0 Å². The Labute approximate surface area is 267 Å². The predicted molar refractivity (Wildman–Crippen MR) is 173 cm³/mol. The molecule has 215 valence electrons. The molecule has 43 heavy (non-hydrogen) atoms. The molecule has 7 rings (SSSR count). The van der Waals surface area contributed by atoms with E-state index < -0.39 is 13.3 Å². The van der Waals surface area contributed by atoms with E-state index in [1.807, 2.05) is 85.1 Å². The Balaban J connectivity index is 0.000000188. The molecule has 0 unspecified atom stereocenters. The largest absolute Gasteiger partial charge is 0 e. The Kier molecular flexibility index (Phi) is 9.36. The van der Waals surface area contributed by atoms with E-state index in [2.05, 4.69) is 51.5 Å². The monoisotopic (exact) mass is 803 g/mol. The maximum absolute atomic E-state index is 14.1. The molecule has 4 aromatic carbocycles. The average molecular weight is 801 g/mol. The zero-order chi connectivity index (χ0) is 29.1. The molecule has 0 bridgehead atoms. The molecule has 0 atom stereocenters. The van der Waals surface area contributed by atoms with E-state index in [0.29, 0.717) is 11.1 Å². The van der Waals surface area contributed by atoms with Crippen LogP contribution in [0.3, 0.4) is 0 Å². The minimum Gasteiger partial charge on any atom is 0 e. The normalized spacial score (nSPS) is 11.1. The van der Waals surface area contributed by atoms with Gasteiger partial charge in [-0.15, -0.1) is 17.7 Å². The quantitative estimate of drug-likeness (QED) is 0.132. The van der Waals surface area contributed by atoms with Crippen LogP contribution in [0.5, 0.6) is 0 Å². The summed E-state index contributed by atoms with van der Waals surface area (Å²) >= 11 is -1.72. The summed E-state index contributed by atoms with van der Waals surface area (Å²) < 4.78 is 21.5. The molecule has 6 heteroatoms. The van der Waals surface area contributed by atoms with Crippen LogP contribution < -0.4 is 4.40 Å². The molecule has 0 saturated heterocycles. The number of aromatic nitrogens is 2. The zero-order valence-electron chi connectivity index (χ0n) is 24.1. The van der Waals surface area contributed by atoms with Gasteiger partial charge >= 0.3 is 99.8 Å². The Hall–Kier alpha value is -3.90. The second-order valence-corrected chi connectivity index (χ2v) is 21.7. The predicted octanol–water partition coefficient (Wildman–Crippen LogP) is 9.35. The van der Waals surface area contributed by atoms with Crippen molar-refractivity contribution in [1.82, 2.24) is 9.97 Å². The molecule has 0 spiro atoms. The van der Waals surface area contributed by atoms with Crippen molar-refractivity contribution in [2.24, 2.45) is 0 Å². The number of benzene rings is 4. The van der Waals surface area contributed by atoms with E-state index in [9.17, 15) is 4.39 Å². The molecule has 0 aliphatic heterocycles. The third-order valence-corrected chi connectivity index (χ3v) is 11.4. The third-order valence-electron chi connectivity index (χ3n) is 7.13. The van der Waals surface area contributed by atoms with Gasteiger partial charge in [0.05, 0.1) is 5.58 Å². The van der Waals surface area contributed by atoms with Gasteiger partial charge in [0.15, 0.2) is 0 Å². The average Bonchev–Trinajstić information content (AvgIpc) is 3.39. The summed E-state index contributed by atoms with van der Waals surface area (Å²) in [5.74, 6) is 6.90. The number of pyridine rings is 2. The van der Waals surface area contributed by atoms with E-state index in [4.69, 9.17) is 4.42 Å². The van der Waals surface area contributed by atoms with Crippen molar-refractivity contribution in [3.8, 4) is 33.6 Å². The van der Waals surface area contributed by atoms with E-state index in [0.717, 1.165) is 44.4 Å². The summed E-state index contributed by atoms with van der Waals surface area (Å²) in [6, 6.07) is 41.1. The number of furan rings is 1.